The number of nitrogens with one attached hydrogen (secondary N) is 2. The van der Waals surface area contributed by atoms with Gasteiger partial charge in [0, 0.05) is 18.3 Å². The Morgan fingerprint density at radius 1 is 1.06 bits per heavy atom. The molecule has 0 aliphatic heterocycles. The summed E-state index contributed by atoms with van der Waals surface area (Å²) in [7, 11) is 1.82. The topological polar surface area (TPSA) is 115 Å². The third-order valence-corrected chi connectivity index (χ3v) is 6.41. The number of amides is 2. The molecule has 9 nitrogen and oxygen atoms in total. The van der Waals surface area contributed by atoms with E-state index in [-0.39, 0.29) is 29.5 Å². The number of benzene rings is 2. The van der Waals surface area contributed by atoms with Crippen LogP contribution in [-0.4, -0.2) is 44.9 Å². The highest BCUT2D eigenvalue weighted by molar-refractivity contribution is 7.99. The summed E-state index contributed by atoms with van der Waals surface area (Å²) in [4.78, 5) is 37.0. The summed E-state index contributed by atoms with van der Waals surface area (Å²) in [6.45, 7) is 7.99. The van der Waals surface area contributed by atoms with E-state index in [4.69, 9.17) is 4.74 Å². The van der Waals surface area contributed by atoms with Crippen molar-refractivity contribution in [2.24, 2.45) is 13.0 Å². The van der Waals surface area contributed by atoms with E-state index >= 15 is 0 Å². The second-order valence-electron chi connectivity index (χ2n) is 8.60. The molecule has 190 valence electrons. The quantitative estimate of drug-likeness (QED) is 0.311. The van der Waals surface area contributed by atoms with Gasteiger partial charge in [-0.1, -0.05) is 43.3 Å². The lowest BCUT2D eigenvalue weighted by molar-refractivity contribution is -0.113. The molecule has 10 heteroatoms. The number of aromatic nitrogens is 3. The van der Waals surface area contributed by atoms with Gasteiger partial charge in [0.1, 0.15) is 0 Å². The molecule has 3 aromatic rings. The molecule has 0 unspecified atom stereocenters. The molecule has 2 aromatic carbocycles. The van der Waals surface area contributed by atoms with E-state index in [1.54, 1.807) is 41.8 Å². The van der Waals surface area contributed by atoms with Crippen LogP contribution in [0.25, 0.3) is 0 Å². The van der Waals surface area contributed by atoms with E-state index in [1.807, 2.05) is 46.0 Å². The second-order valence-corrected chi connectivity index (χ2v) is 9.54. The molecule has 0 bridgehead atoms. The zero-order valence-electron chi connectivity index (χ0n) is 21.1. The van der Waals surface area contributed by atoms with Crippen LogP contribution in [0.3, 0.4) is 0 Å². The summed E-state index contributed by atoms with van der Waals surface area (Å²) in [6.07, 6.45) is 0. The Morgan fingerprint density at radius 3 is 2.42 bits per heavy atom. The van der Waals surface area contributed by atoms with Crippen LogP contribution in [0.15, 0.2) is 53.7 Å². The van der Waals surface area contributed by atoms with Crippen LogP contribution in [0.5, 0.6) is 0 Å². The zero-order valence-corrected chi connectivity index (χ0v) is 21.9. The summed E-state index contributed by atoms with van der Waals surface area (Å²) >= 11 is 1.25. The molecule has 0 radical (unpaired) electrons. The van der Waals surface area contributed by atoms with Gasteiger partial charge in [0.25, 0.3) is 5.91 Å². The normalized spacial score (nSPS) is 11.7. The molecule has 3 rings (SSSR count). The van der Waals surface area contributed by atoms with Gasteiger partial charge in [-0.2, -0.15) is 0 Å². The summed E-state index contributed by atoms with van der Waals surface area (Å²) in [6, 6.07) is 13.6. The average Bonchev–Trinajstić information content (AvgIpc) is 3.21. The highest BCUT2D eigenvalue weighted by Gasteiger charge is 2.25. The van der Waals surface area contributed by atoms with Gasteiger partial charge in [0.2, 0.25) is 5.91 Å². The Labute approximate surface area is 215 Å². The molecular weight excluding hydrogens is 478 g/mol. The smallest absolute Gasteiger partial charge is 0.338 e. The van der Waals surface area contributed by atoms with Crippen molar-refractivity contribution >= 4 is 35.2 Å². The molecule has 0 aliphatic rings. The third-order valence-electron chi connectivity index (χ3n) is 5.39. The highest BCUT2D eigenvalue weighted by atomic mass is 32.2. The Hall–Kier alpha value is -3.66. The Kier molecular flexibility index (Phi) is 9.24. The number of nitrogens with zero attached hydrogens (tertiary/aromatic N) is 3. The summed E-state index contributed by atoms with van der Waals surface area (Å²) in [5.41, 5.74) is 2.59. The number of thioether (sulfide) groups is 1. The number of esters is 1. The first-order valence-electron chi connectivity index (χ1n) is 11.7. The van der Waals surface area contributed by atoms with Crippen LogP contribution in [0.2, 0.25) is 0 Å². The minimum Gasteiger partial charge on any atom is -0.462 e. The maximum atomic E-state index is 12.8. The molecule has 1 atom stereocenters. The van der Waals surface area contributed by atoms with Crippen LogP contribution in [-0.2, 0) is 16.6 Å². The number of hydrogen-bond acceptors (Lipinski definition) is 7. The molecule has 36 heavy (non-hydrogen) atoms. The number of anilines is 1. The first-order chi connectivity index (χ1) is 17.2. The monoisotopic (exact) mass is 509 g/mol. The van der Waals surface area contributed by atoms with Crippen LogP contribution >= 0.6 is 11.8 Å². The maximum Gasteiger partial charge on any atom is 0.338 e. The van der Waals surface area contributed by atoms with Crippen molar-refractivity contribution in [3.8, 4) is 0 Å². The van der Waals surface area contributed by atoms with Gasteiger partial charge in [0.15, 0.2) is 11.0 Å². The van der Waals surface area contributed by atoms with Gasteiger partial charge in [-0.3, -0.25) is 9.59 Å². The first-order valence-corrected chi connectivity index (χ1v) is 12.6. The second kappa shape index (κ2) is 12.3. The molecular formula is C26H31N5O4S. The molecule has 1 aromatic heterocycles. The molecule has 2 amide bonds. The number of carbonyl (C=O) groups excluding carboxylic acids is 3. The SMILES string of the molecule is CCOC(=O)c1ccc(NC(=O)CSc2nnc([C@H](NC(=O)c3cccc(C)c3)C(C)C)n2C)cc1. The lowest BCUT2D eigenvalue weighted by atomic mass is 10.0. The van der Waals surface area contributed by atoms with E-state index in [9.17, 15) is 14.4 Å². The number of rotatable bonds is 10. The van der Waals surface area contributed by atoms with Crippen molar-refractivity contribution in [1.82, 2.24) is 20.1 Å². The van der Waals surface area contributed by atoms with E-state index in [0.717, 1.165) is 5.56 Å². The van der Waals surface area contributed by atoms with Crippen molar-refractivity contribution in [2.45, 2.75) is 38.9 Å². The van der Waals surface area contributed by atoms with Crippen LogP contribution in [0.4, 0.5) is 5.69 Å². The van der Waals surface area contributed by atoms with Crippen molar-refractivity contribution in [3.05, 3.63) is 71.0 Å². The largest absolute Gasteiger partial charge is 0.462 e. The Morgan fingerprint density at radius 2 is 1.78 bits per heavy atom. The highest BCUT2D eigenvalue weighted by Crippen LogP contribution is 2.25. The molecule has 0 spiro atoms. The number of ether oxygens (including phenoxy) is 1. The van der Waals surface area contributed by atoms with Crippen molar-refractivity contribution in [2.75, 3.05) is 17.7 Å². The molecule has 2 N–H and O–H groups in total. The molecule has 0 fully saturated rings. The number of hydrogen-bond donors (Lipinski definition) is 2. The summed E-state index contributed by atoms with van der Waals surface area (Å²) < 4.78 is 6.76. The minimum absolute atomic E-state index is 0.0698. The first kappa shape index (κ1) is 26.9. The average molecular weight is 510 g/mol. The van der Waals surface area contributed by atoms with Gasteiger partial charge in [0.05, 0.1) is 24.0 Å². The van der Waals surface area contributed by atoms with Gasteiger partial charge >= 0.3 is 5.97 Å². The van der Waals surface area contributed by atoms with Gasteiger partial charge in [-0.25, -0.2) is 4.79 Å². The lowest BCUT2D eigenvalue weighted by Crippen LogP contribution is -2.33. The minimum atomic E-state index is -0.404. The van der Waals surface area contributed by atoms with E-state index in [2.05, 4.69) is 20.8 Å². The zero-order chi connectivity index (χ0) is 26.2. The molecule has 1 heterocycles. The van der Waals surface area contributed by atoms with Crippen molar-refractivity contribution < 1.29 is 19.1 Å². The van der Waals surface area contributed by atoms with Crippen molar-refractivity contribution in [3.63, 3.8) is 0 Å². The van der Waals surface area contributed by atoms with Crippen LogP contribution < -0.4 is 10.6 Å². The summed E-state index contributed by atoms with van der Waals surface area (Å²) in [5.74, 6) is 0.000311. The van der Waals surface area contributed by atoms with E-state index in [0.29, 0.717) is 34.4 Å². The lowest BCUT2D eigenvalue weighted by Gasteiger charge is -2.21. The Bertz CT molecular complexity index is 1220. The number of carbonyl (C=O) groups is 3. The van der Waals surface area contributed by atoms with E-state index in [1.165, 1.54) is 11.8 Å². The van der Waals surface area contributed by atoms with Gasteiger partial charge in [-0.05, 0) is 56.2 Å². The Balaban J connectivity index is 1.61. The maximum absolute atomic E-state index is 12.8. The summed E-state index contributed by atoms with van der Waals surface area (Å²) in [5, 5.41) is 15.0. The fourth-order valence-corrected chi connectivity index (χ4v) is 4.21. The molecule has 0 saturated heterocycles. The van der Waals surface area contributed by atoms with E-state index < -0.39 is 5.97 Å². The molecule has 0 aliphatic carbocycles. The van der Waals surface area contributed by atoms with Crippen LogP contribution in [0, 0.1) is 12.8 Å². The van der Waals surface area contributed by atoms with Crippen LogP contribution in [0.1, 0.15) is 58.9 Å². The fourth-order valence-electron chi connectivity index (χ4n) is 3.49. The number of aryl methyl sites for hydroxylation is 1. The van der Waals surface area contributed by atoms with Gasteiger partial charge in [-0.15, -0.1) is 10.2 Å². The van der Waals surface area contributed by atoms with Crippen molar-refractivity contribution in [1.29, 1.82) is 0 Å². The third kappa shape index (κ3) is 6.94. The molecule has 0 saturated carbocycles. The fraction of sp³-hybridized carbons (Fsp3) is 0.346. The predicted octanol–water partition coefficient (Wildman–Crippen LogP) is 4.16. The standard InChI is InChI=1S/C26H31N5O4S/c1-6-35-25(34)18-10-12-20(13-11-18)27-21(32)15-36-26-30-29-23(31(26)5)22(16(2)3)28-24(33)19-9-7-8-17(4)14-19/h7-14,16,22H,6,15H2,1-5H3,(H,27,32)(H,28,33)/t22-/m1/s1. The predicted molar refractivity (Wildman–Crippen MR) is 139 cm³/mol. The van der Waals surface area contributed by atoms with Gasteiger partial charge < -0.3 is 19.9 Å².